The van der Waals surface area contributed by atoms with Gasteiger partial charge in [-0.2, -0.15) is 5.10 Å². The van der Waals surface area contributed by atoms with Gasteiger partial charge in [-0.3, -0.25) is 4.68 Å². The molecule has 0 aliphatic carbocycles. The Hall–Kier alpha value is -1.23. The highest BCUT2D eigenvalue weighted by molar-refractivity contribution is 6.32. The molecular formula is C7H10ClN3O2. The van der Waals surface area contributed by atoms with Gasteiger partial charge in [-0.05, 0) is 6.42 Å². The SMILES string of the molecule is CCC(C(=O)O)n1cc(Cl)c(N)n1. The van der Waals surface area contributed by atoms with Crippen molar-refractivity contribution in [2.75, 3.05) is 5.73 Å². The average molecular weight is 204 g/mol. The number of hydrogen-bond donors (Lipinski definition) is 2. The first-order chi connectivity index (χ1) is 6.06. The molecule has 1 aromatic heterocycles. The Kier molecular flexibility index (Phi) is 2.77. The van der Waals surface area contributed by atoms with E-state index in [0.717, 1.165) is 0 Å². The third kappa shape index (κ3) is 1.92. The van der Waals surface area contributed by atoms with Crippen molar-refractivity contribution in [3.05, 3.63) is 11.2 Å². The van der Waals surface area contributed by atoms with E-state index in [1.807, 2.05) is 0 Å². The zero-order chi connectivity index (χ0) is 10.0. The van der Waals surface area contributed by atoms with E-state index in [1.54, 1.807) is 6.92 Å². The lowest BCUT2D eigenvalue weighted by atomic mass is 10.2. The molecule has 0 saturated carbocycles. The Balaban J connectivity index is 2.98. The summed E-state index contributed by atoms with van der Waals surface area (Å²) in [4.78, 5) is 10.7. The van der Waals surface area contributed by atoms with Crippen LogP contribution in [0.2, 0.25) is 5.02 Å². The zero-order valence-electron chi connectivity index (χ0n) is 7.07. The average Bonchev–Trinajstić information content (AvgIpc) is 2.32. The van der Waals surface area contributed by atoms with Crippen molar-refractivity contribution >= 4 is 23.4 Å². The summed E-state index contributed by atoms with van der Waals surface area (Å²) < 4.78 is 1.26. The first kappa shape index (κ1) is 9.85. The van der Waals surface area contributed by atoms with Crippen LogP contribution in [0, 0.1) is 0 Å². The van der Waals surface area contributed by atoms with Crippen LogP contribution in [-0.4, -0.2) is 20.9 Å². The number of rotatable bonds is 3. The first-order valence-electron chi connectivity index (χ1n) is 3.79. The molecule has 0 aliphatic rings. The molecule has 0 radical (unpaired) electrons. The molecule has 1 rings (SSSR count). The summed E-state index contributed by atoms with van der Waals surface area (Å²) in [6.45, 7) is 1.75. The summed E-state index contributed by atoms with van der Waals surface area (Å²) in [5.41, 5.74) is 5.38. The number of halogens is 1. The van der Waals surface area contributed by atoms with Gasteiger partial charge in [0, 0.05) is 6.20 Å². The number of anilines is 1. The number of nitrogens with zero attached hydrogens (tertiary/aromatic N) is 2. The fourth-order valence-corrected chi connectivity index (χ4v) is 1.16. The number of aromatic nitrogens is 2. The van der Waals surface area contributed by atoms with E-state index < -0.39 is 12.0 Å². The van der Waals surface area contributed by atoms with E-state index in [-0.39, 0.29) is 10.8 Å². The molecule has 1 atom stereocenters. The molecule has 0 saturated heterocycles. The summed E-state index contributed by atoms with van der Waals surface area (Å²) in [5, 5.41) is 12.8. The normalized spacial score (nSPS) is 12.8. The highest BCUT2D eigenvalue weighted by Gasteiger charge is 2.19. The molecule has 0 spiro atoms. The number of aliphatic carboxylic acids is 1. The van der Waals surface area contributed by atoms with Crippen molar-refractivity contribution in [2.24, 2.45) is 0 Å². The van der Waals surface area contributed by atoms with Gasteiger partial charge in [-0.1, -0.05) is 18.5 Å². The van der Waals surface area contributed by atoms with Crippen molar-refractivity contribution in [3.8, 4) is 0 Å². The number of carboxylic acid groups (broad SMARTS) is 1. The van der Waals surface area contributed by atoms with Crippen LogP contribution in [0.5, 0.6) is 0 Å². The number of carboxylic acids is 1. The fourth-order valence-electron chi connectivity index (χ4n) is 1.02. The first-order valence-corrected chi connectivity index (χ1v) is 4.17. The summed E-state index contributed by atoms with van der Waals surface area (Å²) in [7, 11) is 0. The second kappa shape index (κ2) is 3.66. The van der Waals surface area contributed by atoms with Crippen molar-refractivity contribution in [1.29, 1.82) is 0 Å². The van der Waals surface area contributed by atoms with E-state index in [0.29, 0.717) is 6.42 Å². The molecule has 0 bridgehead atoms. The molecule has 1 unspecified atom stereocenters. The van der Waals surface area contributed by atoms with E-state index >= 15 is 0 Å². The smallest absolute Gasteiger partial charge is 0.328 e. The maximum absolute atomic E-state index is 10.7. The van der Waals surface area contributed by atoms with Crippen LogP contribution in [0.25, 0.3) is 0 Å². The van der Waals surface area contributed by atoms with Gasteiger partial charge in [0.25, 0.3) is 0 Å². The number of nitrogens with two attached hydrogens (primary N) is 1. The van der Waals surface area contributed by atoms with E-state index in [1.165, 1.54) is 10.9 Å². The van der Waals surface area contributed by atoms with Crippen LogP contribution < -0.4 is 5.73 Å². The van der Waals surface area contributed by atoms with Crippen LogP contribution in [0.3, 0.4) is 0 Å². The van der Waals surface area contributed by atoms with E-state index in [9.17, 15) is 4.79 Å². The van der Waals surface area contributed by atoms with Gasteiger partial charge in [0.15, 0.2) is 5.82 Å². The topological polar surface area (TPSA) is 81.1 Å². The van der Waals surface area contributed by atoms with Crippen molar-refractivity contribution in [1.82, 2.24) is 9.78 Å². The number of hydrogen-bond acceptors (Lipinski definition) is 3. The van der Waals surface area contributed by atoms with E-state index in [2.05, 4.69) is 5.10 Å². The Labute approximate surface area is 80.1 Å². The lowest BCUT2D eigenvalue weighted by Crippen LogP contribution is -2.18. The quantitative estimate of drug-likeness (QED) is 0.772. The van der Waals surface area contributed by atoms with Gasteiger partial charge in [0.05, 0.1) is 0 Å². The summed E-state index contributed by atoms with van der Waals surface area (Å²) in [6, 6.07) is -0.699. The lowest BCUT2D eigenvalue weighted by Gasteiger charge is -2.08. The van der Waals surface area contributed by atoms with Gasteiger partial charge in [-0.25, -0.2) is 4.79 Å². The predicted octanol–water partition coefficient (Wildman–Crippen LogP) is 1.15. The highest BCUT2D eigenvalue weighted by atomic mass is 35.5. The highest BCUT2D eigenvalue weighted by Crippen LogP contribution is 2.20. The largest absolute Gasteiger partial charge is 0.480 e. The van der Waals surface area contributed by atoms with Crippen molar-refractivity contribution < 1.29 is 9.90 Å². The Morgan fingerprint density at radius 2 is 2.54 bits per heavy atom. The van der Waals surface area contributed by atoms with Crippen LogP contribution in [0.15, 0.2) is 6.20 Å². The van der Waals surface area contributed by atoms with Crippen LogP contribution in [0.4, 0.5) is 5.82 Å². The maximum Gasteiger partial charge on any atom is 0.328 e. The minimum Gasteiger partial charge on any atom is -0.480 e. The minimum absolute atomic E-state index is 0.154. The molecule has 6 heteroatoms. The third-order valence-corrected chi connectivity index (χ3v) is 2.00. The molecule has 0 aromatic carbocycles. The molecule has 13 heavy (non-hydrogen) atoms. The van der Waals surface area contributed by atoms with Gasteiger partial charge in [0.2, 0.25) is 0 Å². The Bertz CT molecular complexity index is 304. The van der Waals surface area contributed by atoms with Crippen molar-refractivity contribution in [3.63, 3.8) is 0 Å². The number of nitrogen functional groups attached to an aromatic ring is 1. The summed E-state index contributed by atoms with van der Waals surface area (Å²) in [6.07, 6.45) is 1.85. The fraction of sp³-hybridized carbons (Fsp3) is 0.429. The summed E-state index contributed by atoms with van der Waals surface area (Å²) >= 11 is 5.63. The van der Waals surface area contributed by atoms with Gasteiger partial charge < -0.3 is 10.8 Å². The molecule has 5 nitrogen and oxygen atoms in total. The monoisotopic (exact) mass is 203 g/mol. The molecule has 0 fully saturated rings. The van der Waals surface area contributed by atoms with Gasteiger partial charge in [-0.15, -0.1) is 0 Å². The molecule has 1 heterocycles. The molecule has 0 aliphatic heterocycles. The third-order valence-electron chi connectivity index (χ3n) is 1.70. The van der Waals surface area contributed by atoms with Crippen LogP contribution in [-0.2, 0) is 4.79 Å². The molecule has 0 amide bonds. The standard InChI is InChI=1S/C7H10ClN3O2/c1-2-5(7(12)13)11-3-4(8)6(9)10-11/h3,5H,2H2,1H3,(H2,9,10)(H,12,13). The van der Waals surface area contributed by atoms with Gasteiger partial charge in [0.1, 0.15) is 11.1 Å². The molecule has 3 N–H and O–H groups in total. The maximum atomic E-state index is 10.7. The van der Waals surface area contributed by atoms with E-state index in [4.69, 9.17) is 22.4 Å². The molecule has 1 aromatic rings. The molecule has 72 valence electrons. The van der Waals surface area contributed by atoms with Crippen LogP contribution >= 0.6 is 11.6 Å². The minimum atomic E-state index is -0.943. The number of carbonyl (C=O) groups is 1. The predicted molar refractivity (Wildman–Crippen MR) is 48.6 cm³/mol. The second-order valence-electron chi connectivity index (χ2n) is 2.60. The Morgan fingerprint density at radius 3 is 2.85 bits per heavy atom. The Morgan fingerprint density at radius 1 is 1.92 bits per heavy atom. The summed E-state index contributed by atoms with van der Waals surface area (Å²) in [5.74, 6) is -0.789. The molecular weight excluding hydrogens is 194 g/mol. The zero-order valence-corrected chi connectivity index (χ0v) is 7.82. The van der Waals surface area contributed by atoms with Crippen LogP contribution in [0.1, 0.15) is 19.4 Å². The second-order valence-corrected chi connectivity index (χ2v) is 3.01. The van der Waals surface area contributed by atoms with Crippen molar-refractivity contribution in [2.45, 2.75) is 19.4 Å². The lowest BCUT2D eigenvalue weighted by molar-refractivity contribution is -0.141. The van der Waals surface area contributed by atoms with Gasteiger partial charge >= 0.3 is 5.97 Å².